The number of amides is 1. The maximum atomic E-state index is 12.8. The van der Waals surface area contributed by atoms with Crippen molar-refractivity contribution in [2.24, 2.45) is 0 Å². The summed E-state index contributed by atoms with van der Waals surface area (Å²) in [6.07, 6.45) is -2.59. The summed E-state index contributed by atoms with van der Waals surface area (Å²) in [5, 5.41) is 2.77. The van der Waals surface area contributed by atoms with Gasteiger partial charge in [-0.25, -0.2) is 0 Å². The normalized spacial score (nSPS) is 12.6. The number of hydrogen-bond acceptors (Lipinski definition) is 2. The molecule has 0 saturated carbocycles. The number of alkyl halides is 3. The van der Waals surface area contributed by atoms with Crippen LogP contribution < -0.4 is 5.32 Å². The molecule has 0 aliphatic rings. The van der Waals surface area contributed by atoms with Crippen LogP contribution in [0, 0.1) is 0 Å². The van der Waals surface area contributed by atoms with E-state index in [1.54, 1.807) is 31.2 Å². The molecule has 0 radical (unpaired) electrons. The summed E-state index contributed by atoms with van der Waals surface area (Å²) in [6.45, 7) is 3.56. The SMILES string of the molecule is CS/C(C)=C(\C)C(=O)Nc1ccccc1-c1ccc(C(F)(F)F)cc1Cl. The Morgan fingerprint density at radius 2 is 1.73 bits per heavy atom. The molecule has 0 unspecified atom stereocenters. The summed E-state index contributed by atoms with van der Waals surface area (Å²) in [5.41, 5.74) is 1.20. The fourth-order valence-corrected chi connectivity index (χ4v) is 2.95. The second-order valence-electron chi connectivity index (χ2n) is 5.58. The van der Waals surface area contributed by atoms with E-state index in [9.17, 15) is 18.0 Å². The summed E-state index contributed by atoms with van der Waals surface area (Å²) >= 11 is 7.56. The van der Waals surface area contributed by atoms with Gasteiger partial charge in [-0.2, -0.15) is 13.2 Å². The maximum absolute atomic E-state index is 12.8. The number of anilines is 1. The minimum absolute atomic E-state index is 0.0333. The van der Waals surface area contributed by atoms with Gasteiger partial charge in [0, 0.05) is 27.4 Å². The Labute approximate surface area is 159 Å². The van der Waals surface area contributed by atoms with E-state index in [2.05, 4.69) is 5.32 Å². The van der Waals surface area contributed by atoms with Gasteiger partial charge in [0.25, 0.3) is 5.91 Å². The topological polar surface area (TPSA) is 29.1 Å². The molecule has 0 atom stereocenters. The smallest absolute Gasteiger partial charge is 0.322 e. The zero-order valence-electron chi connectivity index (χ0n) is 14.4. The second-order valence-corrected chi connectivity index (χ2v) is 7.01. The molecule has 2 nitrogen and oxygen atoms in total. The minimum atomic E-state index is -4.47. The van der Waals surface area contributed by atoms with Crippen molar-refractivity contribution in [3.8, 4) is 11.1 Å². The molecule has 0 aliphatic heterocycles. The van der Waals surface area contributed by atoms with Crippen LogP contribution in [0.2, 0.25) is 5.02 Å². The van der Waals surface area contributed by atoms with Crippen molar-refractivity contribution in [1.82, 2.24) is 0 Å². The minimum Gasteiger partial charge on any atom is -0.322 e. The molecular formula is C19H17ClF3NOS. The van der Waals surface area contributed by atoms with Gasteiger partial charge in [-0.15, -0.1) is 11.8 Å². The summed E-state index contributed by atoms with van der Waals surface area (Å²) in [7, 11) is 0. The Morgan fingerprint density at radius 1 is 1.08 bits per heavy atom. The molecule has 2 aromatic rings. The zero-order chi connectivity index (χ0) is 19.5. The first-order valence-corrected chi connectivity index (χ1v) is 9.24. The van der Waals surface area contributed by atoms with Crippen LogP contribution in [0.4, 0.5) is 18.9 Å². The number of rotatable bonds is 4. The number of para-hydroxylation sites is 1. The van der Waals surface area contributed by atoms with Crippen molar-refractivity contribution < 1.29 is 18.0 Å². The van der Waals surface area contributed by atoms with Gasteiger partial charge in [-0.05, 0) is 43.2 Å². The molecule has 0 aliphatic carbocycles. The van der Waals surface area contributed by atoms with E-state index >= 15 is 0 Å². The van der Waals surface area contributed by atoms with Gasteiger partial charge in [0.15, 0.2) is 0 Å². The maximum Gasteiger partial charge on any atom is 0.416 e. The molecule has 1 amide bonds. The van der Waals surface area contributed by atoms with Crippen molar-refractivity contribution in [2.45, 2.75) is 20.0 Å². The van der Waals surface area contributed by atoms with Crippen LogP contribution in [0.5, 0.6) is 0 Å². The molecule has 26 heavy (non-hydrogen) atoms. The Morgan fingerprint density at radius 3 is 2.31 bits per heavy atom. The second kappa shape index (κ2) is 8.18. The predicted molar refractivity (Wildman–Crippen MR) is 102 cm³/mol. The number of carbonyl (C=O) groups is 1. The average Bonchev–Trinajstić information content (AvgIpc) is 2.60. The van der Waals surface area contributed by atoms with Gasteiger partial charge in [0.05, 0.1) is 5.56 Å². The van der Waals surface area contributed by atoms with E-state index in [0.717, 1.165) is 17.0 Å². The van der Waals surface area contributed by atoms with Crippen LogP contribution in [-0.2, 0) is 11.0 Å². The Kier molecular flexibility index (Phi) is 6.42. The third-order valence-electron chi connectivity index (χ3n) is 3.94. The van der Waals surface area contributed by atoms with Gasteiger partial charge in [-0.1, -0.05) is 35.9 Å². The molecule has 0 saturated heterocycles. The number of hydrogen-bond donors (Lipinski definition) is 1. The van der Waals surface area contributed by atoms with E-state index in [-0.39, 0.29) is 10.9 Å². The van der Waals surface area contributed by atoms with Gasteiger partial charge in [0.1, 0.15) is 0 Å². The highest BCUT2D eigenvalue weighted by molar-refractivity contribution is 8.02. The largest absolute Gasteiger partial charge is 0.416 e. The number of thioether (sulfide) groups is 1. The summed E-state index contributed by atoms with van der Waals surface area (Å²) in [6, 6.07) is 10.0. The van der Waals surface area contributed by atoms with E-state index in [4.69, 9.17) is 11.6 Å². The van der Waals surface area contributed by atoms with Crippen LogP contribution in [-0.4, -0.2) is 12.2 Å². The summed E-state index contributed by atoms with van der Waals surface area (Å²) < 4.78 is 38.5. The highest BCUT2D eigenvalue weighted by Gasteiger charge is 2.31. The molecule has 0 heterocycles. The molecule has 0 aromatic heterocycles. The summed E-state index contributed by atoms with van der Waals surface area (Å²) in [4.78, 5) is 13.3. The fraction of sp³-hybridized carbons (Fsp3) is 0.211. The number of nitrogens with one attached hydrogen (secondary N) is 1. The van der Waals surface area contributed by atoms with Crippen molar-refractivity contribution in [3.05, 3.63) is 63.5 Å². The molecular weight excluding hydrogens is 383 g/mol. The van der Waals surface area contributed by atoms with Crippen molar-refractivity contribution in [1.29, 1.82) is 0 Å². The Hall–Kier alpha value is -1.92. The summed E-state index contributed by atoms with van der Waals surface area (Å²) in [5.74, 6) is -0.271. The lowest BCUT2D eigenvalue weighted by Crippen LogP contribution is -2.14. The average molecular weight is 400 g/mol. The van der Waals surface area contributed by atoms with Gasteiger partial charge in [0.2, 0.25) is 0 Å². The standard InChI is InChI=1S/C19H17ClF3NOS/c1-11(12(2)26-3)18(25)24-17-7-5-4-6-15(17)14-9-8-13(10-16(14)20)19(21,22)23/h4-10H,1-3H3,(H,24,25)/b12-11+. The zero-order valence-corrected chi connectivity index (χ0v) is 15.9. The van der Waals surface area contributed by atoms with E-state index in [1.807, 2.05) is 13.2 Å². The van der Waals surface area contributed by atoms with E-state index < -0.39 is 11.7 Å². The van der Waals surface area contributed by atoms with Crippen molar-refractivity contribution in [3.63, 3.8) is 0 Å². The number of halogens is 4. The Bertz CT molecular complexity index is 862. The molecule has 0 bridgehead atoms. The first kappa shape index (κ1) is 20.4. The number of allylic oxidation sites excluding steroid dienone is 1. The predicted octanol–water partition coefficient (Wildman–Crippen LogP) is 6.62. The van der Waals surface area contributed by atoms with Crippen LogP contribution in [0.1, 0.15) is 19.4 Å². The molecule has 0 fully saturated rings. The molecule has 2 aromatic carbocycles. The first-order chi connectivity index (χ1) is 12.1. The number of benzene rings is 2. The Balaban J connectivity index is 2.43. The highest BCUT2D eigenvalue weighted by atomic mass is 35.5. The lowest BCUT2D eigenvalue weighted by Gasteiger charge is -2.15. The van der Waals surface area contributed by atoms with Crippen LogP contribution in [0.15, 0.2) is 52.9 Å². The lowest BCUT2D eigenvalue weighted by molar-refractivity contribution is -0.137. The lowest BCUT2D eigenvalue weighted by atomic mass is 10.0. The van der Waals surface area contributed by atoms with Gasteiger partial charge in [-0.3, -0.25) is 4.79 Å². The quantitative estimate of drug-likeness (QED) is 0.585. The van der Waals surface area contributed by atoms with Crippen molar-refractivity contribution in [2.75, 3.05) is 11.6 Å². The molecule has 1 N–H and O–H groups in total. The molecule has 7 heteroatoms. The van der Waals surface area contributed by atoms with Gasteiger partial charge >= 0.3 is 6.18 Å². The van der Waals surface area contributed by atoms with E-state index in [0.29, 0.717) is 22.4 Å². The molecule has 0 spiro atoms. The van der Waals surface area contributed by atoms with Crippen LogP contribution >= 0.6 is 23.4 Å². The van der Waals surface area contributed by atoms with Gasteiger partial charge < -0.3 is 5.32 Å². The molecule has 138 valence electrons. The van der Waals surface area contributed by atoms with Crippen LogP contribution in [0.25, 0.3) is 11.1 Å². The first-order valence-electron chi connectivity index (χ1n) is 7.64. The fourth-order valence-electron chi connectivity index (χ4n) is 2.27. The van der Waals surface area contributed by atoms with Crippen molar-refractivity contribution >= 4 is 35.0 Å². The van der Waals surface area contributed by atoms with E-state index in [1.165, 1.54) is 17.8 Å². The third kappa shape index (κ3) is 4.62. The molecule has 2 rings (SSSR count). The monoisotopic (exact) mass is 399 g/mol. The highest BCUT2D eigenvalue weighted by Crippen LogP contribution is 2.38. The third-order valence-corrected chi connectivity index (χ3v) is 5.17. The van der Waals surface area contributed by atoms with Crippen LogP contribution in [0.3, 0.4) is 0 Å². The number of carbonyl (C=O) groups excluding carboxylic acids is 1.